The number of guanidine groups is 1. The van der Waals surface area contributed by atoms with Gasteiger partial charge in [0.1, 0.15) is 6.04 Å². The Bertz CT molecular complexity index is 529. The van der Waals surface area contributed by atoms with Gasteiger partial charge >= 0.3 is 4.99 Å². The highest BCUT2D eigenvalue weighted by Gasteiger charge is 2.18. The number of nitrogens with two attached hydrogens (primary N) is 2. The Hall–Kier alpha value is -1.37. The Morgan fingerprint density at radius 3 is 3.00 bits per heavy atom. The molecular weight excluding hydrogens is 334 g/mol. The van der Waals surface area contributed by atoms with Crippen molar-refractivity contribution in [1.29, 1.82) is 0 Å². The molecule has 12 heteroatoms. The van der Waals surface area contributed by atoms with E-state index in [1.165, 1.54) is 0 Å². The monoisotopic (exact) mass is 349 g/mol. The lowest BCUT2D eigenvalue weighted by Gasteiger charge is -2.08. The van der Waals surface area contributed by atoms with Crippen molar-refractivity contribution in [3.63, 3.8) is 0 Å². The zero-order valence-corrected chi connectivity index (χ0v) is 13.6. The highest BCUT2D eigenvalue weighted by Crippen LogP contribution is 2.17. The molecule has 0 aliphatic heterocycles. The van der Waals surface area contributed by atoms with Crippen molar-refractivity contribution in [2.75, 3.05) is 12.3 Å². The Kier molecular flexibility index (Phi) is 7.42. The number of thioether (sulfide) groups is 1. The third-order valence-corrected chi connectivity index (χ3v) is 4.27. The third-order valence-electron chi connectivity index (χ3n) is 2.16. The lowest BCUT2D eigenvalue weighted by Crippen LogP contribution is -2.37. The van der Waals surface area contributed by atoms with Gasteiger partial charge < -0.3 is 16.8 Å². The van der Waals surface area contributed by atoms with E-state index >= 15 is 0 Å². The molecule has 1 unspecified atom stereocenters. The highest BCUT2D eigenvalue weighted by atomic mass is 32.2. The summed E-state index contributed by atoms with van der Waals surface area (Å²) in [4.78, 5) is 17.7. The molecular formula is C9H15N7O2S3. The van der Waals surface area contributed by atoms with Crippen LogP contribution in [0.15, 0.2) is 4.99 Å². The van der Waals surface area contributed by atoms with Crippen LogP contribution in [0.4, 0.5) is 5.13 Å². The predicted octanol–water partition coefficient (Wildman–Crippen LogP) is 0.258. The number of thiocarbonyl (C=S) groups is 1. The van der Waals surface area contributed by atoms with E-state index in [2.05, 4.69) is 31.9 Å². The van der Waals surface area contributed by atoms with Gasteiger partial charge in [-0.25, -0.2) is 4.98 Å². The van der Waals surface area contributed by atoms with Gasteiger partial charge in [-0.15, -0.1) is 0 Å². The molecule has 1 aromatic heterocycles. The Balaban J connectivity index is 2.23. The van der Waals surface area contributed by atoms with Gasteiger partial charge in [0.05, 0.1) is 10.7 Å². The number of aromatic nitrogens is 2. The largest absolute Gasteiger partial charge is 0.370 e. The van der Waals surface area contributed by atoms with E-state index in [0.29, 0.717) is 23.3 Å². The summed E-state index contributed by atoms with van der Waals surface area (Å²) < 4.78 is 4.11. The number of hydrogen-bond acceptors (Lipinski definition) is 9. The normalized spacial score (nSPS) is 11.9. The smallest absolute Gasteiger partial charge is 0.326 e. The summed E-state index contributed by atoms with van der Waals surface area (Å²) in [6.45, 7) is 2.27. The second-order valence-electron chi connectivity index (χ2n) is 3.85. The minimum atomic E-state index is -0.551. The summed E-state index contributed by atoms with van der Waals surface area (Å²) in [5, 5.41) is 13.9. The van der Waals surface area contributed by atoms with Gasteiger partial charge in [-0.1, -0.05) is 0 Å². The van der Waals surface area contributed by atoms with E-state index in [-0.39, 0.29) is 10.9 Å². The zero-order valence-electron chi connectivity index (χ0n) is 11.2. The van der Waals surface area contributed by atoms with Gasteiger partial charge in [0.25, 0.3) is 0 Å². The fourth-order valence-electron chi connectivity index (χ4n) is 1.22. The third kappa shape index (κ3) is 6.75. The molecule has 0 aromatic carbocycles. The second-order valence-corrected chi connectivity index (χ2v) is 6.11. The number of hydrogen-bond donors (Lipinski definition) is 3. The molecule has 0 aliphatic rings. The van der Waals surface area contributed by atoms with Crippen LogP contribution in [0.1, 0.15) is 12.7 Å². The van der Waals surface area contributed by atoms with Crippen LogP contribution in [0.2, 0.25) is 0 Å². The fraction of sp³-hybridized carbons (Fsp3) is 0.556. The van der Waals surface area contributed by atoms with E-state index in [0.717, 1.165) is 17.3 Å². The molecule has 116 valence electrons. The second kappa shape index (κ2) is 8.81. The molecule has 0 spiro atoms. The van der Waals surface area contributed by atoms with Crippen molar-refractivity contribution < 1.29 is 4.92 Å². The van der Waals surface area contributed by atoms with Crippen molar-refractivity contribution in [2.45, 2.75) is 18.7 Å². The van der Waals surface area contributed by atoms with Gasteiger partial charge in [-0.3, -0.25) is 10.1 Å². The molecule has 5 N–H and O–H groups in total. The predicted molar refractivity (Wildman–Crippen MR) is 88.6 cm³/mol. The maximum atomic E-state index is 10.5. The van der Waals surface area contributed by atoms with E-state index in [1.54, 1.807) is 18.7 Å². The fourth-order valence-corrected chi connectivity index (χ4v) is 2.68. The van der Waals surface area contributed by atoms with Gasteiger partial charge in [0.15, 0.2) is 11.8 Å². The molecule has 1 aromatic rings. The molecule has 0 saturated carbocycles. The Morgan fingerprint density at radius 1 is 1.67 bits per heavy atom. The topological polar surface area (TPSA) is 145 Å². The number of nitro groups is 1. The van der Waals surface area contributed by atoms with Crippen LogP contribution in [0, 0.1) is 10.1 Å². The molecule has 9 nitrogen and oxygen atoms in total. The first-order valence-corrected chi connectivity index (χ1v) is 8.15. The summed E-state index contributed by atoms with van der Waals surface area (Å²) in [7, 11) is 0. The van der Waals surface area contributed by atoms with Gasteiger partial charge in [0, 0.05) is 23.8 Å². The van der Waals surface area contributed by atoms with Crippen LogP contribution in [0.5, 0.6) is 0 Å². The summed E-state index contributed by atoms with van der Waals surface area (Å²) in [6.07, 6.45) is 0. The van der Waals surface area contributed by atoms with Crippen LogP contribution in [-0.2, 0) is 5.75 Å². The van der Waals surface area contributed by atoms with Crippen LogP contribution in [0.25, 0.3) is 0 Å². The highest BCUT2D eigenvalue weighted by molar-refractivity contribution is 7.98. The molecule has 1 atom stereocenters. The zero-order chi connectivity index (χ0) is 15.8. The Morgan fingerprint density at radius 2 is 2.38 bits per heavy atom. The minimum Gasteiger partial charge on any atom is -0.370 e. The summed E-state index contributed by atoms with van der Waals surface area (Å²) >= 11 is 7.39. The summed E-state index contributed by atoms with van der Waals surface area (Å²) in [5.41, 5.74) is 10.5. The van der Waals surface area contributed by atoms with Crippen molar-refractivity contribution in [2.24, 2.45) is 16.5 Å². The van der Waals surface area contributed by atoms with Crippen molar-refractivity contribution in [1.82, 2.24) is 14.7 Å². The summed E-state index contributed by atoms with van der Waals surface area (Å²) in [6, 6.07) is -0.429. The number of rotatable bonds is 8. The van der Waals surface area contributed by atoms with Crippen molar-refractivity contribution in [3.8, 4) is 0 Å². The van der Waals surface area contributed by atoms with Crippen LogP contribution in [0.3, 0.4) is 0 Å². The van der Waals surface area contributed by atoms with Crippen LogP contribution in [-0.4, -0.2) is 43.6 Å². The molecule has 0 aliphatic carbocycles. The first-order valence-electron chi connectivity index (χ1n) is 5.81. The average Bonchev–Trinajstić information content (AvgIpc) is 2.83. The maximum absolute atomic E-state index is 10.5. The summed E-state index contributed by atoms with van der Waals surface area (Å²) in [5.74, 6) is 1.97. The average molecular weight is 349 g/mol. The van der Waals surface area contributed by atoms with Gasteiger partial charge in [0.2, 0.25) is 5.13 Å². The SMILES string of the molecule is CC(NCCSCc1nsc(N=C(N)N)n1)C(=S)[N+](=O)[O-]. The molecule has 0 saturated heterocycles. The van der Waals surface area contributed by atoms with E-state index < -0.39 is 11.0 Å². The van der Waals surface area contributed by atoms with Crippen LogP contribution < -0.4 is 16.8 Å². The lowest BCUT2D eigenvalue weighted by atomic mass is 10.3. The number of nitrogens with one attached hydrogen (secondary N) is 1. The number of aliphatic imine (C=N–C) groups is 1. The van der Waals surface area contributed by atoms with Gasteiger partial charge in [-0.2, -0.15) is 21.1 Å². The van der Waals surface area contributed by atoms with Gasteiger partial charge in [-0.05, 0) is 19.1 Å². The molecule has 1 rings (SSSR count). The maximum Gasteiger partial charge on any atom is 0.326 e. The standard InChI is InChI=1S/C9H15N7O2S3/c1-5(7(19)16(17)18)12-2-3-20-4-6-13-9(21-15-6)14-8(10)11/h5,12H,2-4H2,1H3,(H4,10,11,13,14,15). The molecule has 0 radical (unpaired) electrons. The molecule has 0 fully saturated rings. The Labute approximate surface area is 134 Å². The first kappa shape index (κ1) is 17.7. The molecule has 0 amide bonds. The van der Waals surface area contributed by atoms with E-state index in [4.69, 9.17) is 11.5 Å². The quantitative estimate of drug-likeness (QED) is 0.150. The lowest BCUT2D eigenvalue weighted by molar-refractivity contribution is -0.349. The van der Waals surface area contributed by atoms with E-state index in [9.17, 15) is 10.1 Å². The van der Waals surface area contributed by atoms with Crippen LogP contribution >= 0.6 is 35.5 Å². The molecule has 0 bridgehead atoms. The minimum absolute atomic E-state index is 0.0506. The molecule has 1 heterocycles. The number of nitrogens with zero attached hydrogens (tertiary/aromatic N) is 4. The molecule has 21 heavy (non-hydrogen) atoms. The first-order chi connectivity index (χ1) is 9.90. The van der Waals surface area contributed by atoms with E-state index in [1.807, 2.05) is 0 Å². The van der Waals surface area contributed by atoms with Crippen molar-refractivity contribution >= 4 is 51.6 Å². The van der Waals surface area contributed by atoms with Crippen molar-refractivity contribution in [3.05, 3.63) is 15.9 Å².